The van der Waals surface area contributed by atoms with Crippen LogP contribution in [0.25, 0.3) is 5.76 Å². The van der Waals surface area contributed by atoms with E-state index < -0.39 is 5.91 Å². The van der Waals surface area contributed by atoms with Crippen molar-refractivity contribution in [2.75, 3.05) is 19.4 Å². The first-order chi connectivity index (χ1) is 13.4. The zero-order chi connectivity index (χ0) is 21.1. The average Bonchev–Trinajstić information content (AvgIpc) is 2.70. The number of nitrogen functional groups attached to an aromatic ring is 1. The van der Waals surface area contributed by atoms with E-state index in [1.807, 2.05) is 13.8 Å². The summed E-state index contributed by atoms with van der Waals surface area (Å²) in [7, 11) is 1.44. The van der Waals surface area contributed by atoms with Gasteiger partial charge in [0.25, 0.3) is 5.91 Å². The van der Waals surface area contributed by atoms with Gasteiger partial charge in [-0.1, -0.05) is 13.8 Å². The Morgan fingerprint density at radius 1 is 1.29 bits per heavy atom. The Kier molecular flexibility index (Phi) is 10.0. The molecular formula is C20H26BrFN4O2. The topological polar surface area (TPSA) is 103 Å². The first-order valence-electron chi connectivity index (χ1n) is 8.89. The molecule has 0 unspecified atom stereocenters. The number of nitrogens with zero attached hydrogens (tertiary/aromatic N) is 1. The highest BCUT2D eigenvalue weighted by Gasteiger charge is 2.15. The van der Waals surface area contributed by atoms with Crippen LogP contribution in [0, 0.1) is 5.82 Å². The summed E-state index contributed by atoms with van der Waals surface area (Å²) in [5.74, 6) is -0.553. The third-order valence-electron chi connectivity index (χ3n) is 3.65. The summed E-state index contributed by atoms with van der Waals surface area (Å²) in [5, 5.41) is 2.73. The third-order valence-corrected chi connectivity index (χ3v) is 4.33. The Balaban J connectivity index is 0.00000190. The number of nitrogens with one attached hydrogen (secondary N) is 1. The zero-order valence-electron chi connectivity index (χ0n) is 16.3. The number of carbonyl (C=O) groups is 1. The molecule has 0 aliphatic carbocycles. The number of benzene rings is 1. The highest BCUT2D eigenvalue weighted by molar-refractivity contribution is 9.10. The Hall–Kier alpha value is -2.61. The molecule has 2 rings (SSSR count). The molecule has 0 spiro atoms. The molecule has 1 aromatic carbocycles. The standard InChI is InChI=1S/C18H20BrFN4O2.C2H6/c1-26-17(12-4-5-15(21)14(19)8-12)16(22)18(25)24-6-2-3-11-7-13(20)10-23-9-11;1-2/h4-5,7-10H,2-3,6,21-22H2,1H3,(H,24,25);1-2H3/b17-16-;. The second kappa shape index (κ2) is 12.0. The molecule has 0 fully saturated rings. The number of rotatable bonds is 7. The van der Waals surface area contributed by atoms with Gasteiger partial charge in [0.2, 0.25) is 0 Å². The summed E-state index contributed by atoms with van der Waals surface area (Å²) in [6.45, 7) is 4.39. The fourth-order valence-electron chi connectivity index (χ4n) is 2.34. The molecule has 28 heavy (non-hydrogen) atoms. The molecule has 0 radical (unpaired) electrons. The summed E-state index contributed by atoms with van der Waals surface area (Å²) in [6.07, 6.45) is 3.97. The monoisotopic (exact) mass is 452 g/mol. The zero-order valence-corrected chi connectivity index (χ0v) is 17.8. The maximum absolute atomic E-state index is 13.1. The molecule has 1 aromatic heterocycles. The number of hydrogen-bond acceptors (Lipinski definition) is 5. The van der Waals surface area contributed by atoms with E-state index in [9.17, 15) is 9.18 Å². The molecule has 2 aromatic rings. The van der Waals surface area contributed by atoms with Crippen molar-refractivity contribution in [3.05, 3.63) is 63.8 Å². The second-order valence-corrected chi connectivity index (χ2v) is 6.41. The number of carbonyl (C=O) groups excluding carboxylic acids is 1. The van der Waals surface area contributed by atoms with Gasteiger partial charge in [-0.15, -0.1) is 0 Å². The number of pyridine rings is 1. The van der Waals surface area contributed by atoms with Crippen LogP contribution in [0.15, 0.2) is 46.8 Å². The van der Waals surface area contributed by atoms with E-state index in [4.69, 9.17) is 16.2 Å². The normalized spacial score (nSPS) is 11.0. The number of anilines is 1. The molecule has 0 aliphatic heterocycles. The number of amides is 1. The first-order valence-corrected chi connectivity index (χ1v) is 9.68. The van der Waals surface area contributed by atoms with Crippen LogP contribution in [0.5, 0.6) is 0 Å². The highest BCUT2D eigenvalue weighted by Crippen LogP contribution is 2.26. The molecule has 1 heterocycles. The van der Waals surface area contributed by atoms with Gasteiger partial charge in [-0.3, -0.25) is 9.78 Å². The van der Waals surface area contributed by atoms with Crippen molar-refractivity contribution in [3.8, 4) is 0 Å². The Morgan fingerprint density at radius 3 is 2.61 bits per heavy atom. The van der Waals surface area contributed by atoms with Crippen LogP contribution in [0.1, 0.15) is 31.4 Å². The molecule has 0 bridgehead atoms. The van der Waals surface area contributed by atoms with E-state index in [1.54, 1.807) is 24.4 Å². The number of ether oxygens (including phenoxy) is 1. The molecule has 0 atom stereocenters. The Labute approximate surface area is 173 Å². The molecule has 0 saturated heterocycles. The van der Waals surface area contributed by atoms with Crippen molar-refractivity contribution in [3.63, 3.8) is 0 Å². The number of aryl methyl sites for hydroxylation is 1. The molecule has 8 heteroatoms. The van der Waals surface area contributed by atoms with Gasteiger partial charge in [-0.25, -0.2) is 4.39 Å². The molecule has 152 valence electrons. The lowest BCUT2D eigenvalue weighted by atomic mass is 10.1. The second-order valence-electron chi connectivity index (χ2n) is 5.55. The van der Waals surface area contributed by atoms with E-state index in [0.29, 0.717) is 35.1 Å². The number of aromatic nitrogens is 1. The number of methoxy groups -OCH3 is 1. The third kappa shape index (κ3) is 6.84. The van der Waals surface area contributed by atoms with Crippen molar-refractivity contribution < 1.29 is 13.9 Å². The average molecular weight is 453 g/mol. The van der Waals surface area contributed by atoms with Crippen LogP contribution in [0.3, 0.4) is 0 Å². The largest absolute Gasteiger partial charge is 0.494 e. The molecule has 0 saturated carbocycles. The van der Waals surface area contributed by atoms with E-state index in [-0.39, 0.29) is 17.3 Å². The highest BCUT2D eigenvalue weighted by atomic mass is 79.9. The van der Waals surface area contributed by atoms with Crippen molar-refractivity contribution in [1.82, 2.24) is 10.3 Å². The minimum absolute atomic E-state index is 0.0309. The van der Waals surface area contributed by atoms with Crippen molar-refractivity contribution in [1.29, 1.82) is 0 Å². The maximum atomic E-state index is 13.1. The quantitative estimate of drug-likeness (QED) is 0.257. The van der Waals surface area contributed by atoms with Gasteiger partial charge in [-0.2, -0.15) is 0 Å². The SMILES string of the molecule is CC.CO/C(=C(\N)C(=O)NCCCc1cncc(F)c1)c1ccc(N)c(Br)c1. The van der Waals surface area contributed by atoms with Crippen LogP contribution in [0.2, 0.25) is 0 Å². The van der Waals surface area contributed by atoms with Crippen LogP contribution >= 0.6 is 15.9 Å². The summed E-state index contributed by atoms with van der Waals surface area (Å²) in [6, 6.07) is 6.56. The smallest absolute Gasteiger partial charge is 0.271 e. The Morgan fingerprint density at radius 2 is 2.00 bits per heavy atom. The van der Waals surface area contributed by atoms with Crippen molar-refractivity contribution in [2.24, 2.45) is 5.73 Å². The lowest BCUT2D eigenvalue weighted by Crippen LogP contribution is -2.30. The van der Waals surface area contributed by atoms with Gasteiger partial charge in [0, 0.05) is 28.5 Å². The predicted octanol–water partition coefficient (Wildman–Crippen LogP) is 3.61. The summed E-state index contributed by atoms with van der Waals surface area (Å²) >= 11 is 3.33. The predicted molar refractivity (Wildman–Crippen MR) is 114 cm³/mol. The van der Waals surface area contributed by atoms with Gasteiger partial charge in [-0.05, 0) is 58.6 Å². The lowest BCUT2D eigenvalue weighted by molar-refractivity contribution is -0.117. The number of nitrogens with two attached hydrogens (primary N) is 2. The number of hydrogen-bond donors (Lipinski definition) is 3. The van der Waals surface area contributed by atoms with Crippen LogP contribution in [0.4, 0.5) is 10.1 Å². The van der Waals surface area contributed by atoms with Gasteiger partial charge < -0.3 is 21.5 Å². The fraction of sp³-hybridized carbons (Fsp3) is 0.300. The molecular weight excluding hydrogens is 427 g/mol. The molecule has 0 aliphatic rings. The molecule has 5 N–H and O–H groups in total. The van der Waals surface area contributed by atoms with E-state index in [1.165, 1.54) is 13.2 Å². The van der Waals surface area contributed by atoms with E-state index in [2.05, 4.69) is 26.2 Å². The van der Waals surface area contributed by atoms with E-state index in [0.717, 1.165) is 11.8 Å². The Bertz CT molecular complexity index is 828. The minimum Gasteiger partial charge on any atom is -0.494 e. The van der Waals surface area contributed by atoms with Crippen LogP contribution < -0.4 is 16.8 Å². The van der Waals surface area contributed by atoms with Gasteiger partial charge in [0.05, 0.1) is 13.3 Å². The van der Waals surface area contributed by atoms with Crippen LogP contribution in [-0.2, 0) is 16.0 Å². The number of halogens is 2. The van der Waals surface area contributed by atoms with E-state index >= 15 is 0 Å². The molecule has 6 nitrogen and oxygen atoms in total. The van der Waals surface area contributed by atoms with Gasteiger partial charge in [0.1, 0.15) is 11.5 Å². The first kappa shape index (κ1) is 23.4. The summed E-state index contributed by atoms with van der Waals surface area (Å²) in [4.78, 5) is 16.0. The van der Waals surface area contributed by atoms with Gasteiger partial charge >= 0.3 is 0 Å². The lowest BCUT2D eigenvalue weighted by Gasteiger charge is -2.12. The summed E-state index contributed by atoms with van der Waals surface area (Å²) in [5.41, 5.74) is 13.6. The fourth-order valence-corrected chi connectivity index (χ4v) is 2.72. The molecule has 1 amide bonds. The summed E-state index contributed by atoms with van der Waals surface area (Å²) < 4.78 is 19.0. The van der Waals surface area contributed by atoms with Crippen LogP contribution in [-0.4, -0.2) is 24.5 Å². The van der Waals surface area contributed by atoms with Crippen molar-refractivity contribution in [2.45, 2.75) is 26.7 Å². The van der Waals surface area contributed by atoms with Gasteiger partial charge in [0.15, 0.2) is 5.76 Å². The van der Waals surface area contributed by atoms with Crippen molar-refractivity contribution >= 4 is 33.3 Å². The minimum atomic E-state index is -0.438. The maximum Gasteiger partial charge on any atom is 0.271 e.